The average molecular weight is 342 g/mol. The molecule has 1 atom stereocenters. The van der Waals surface area contributed by atoms with Crippen molar-refractivity contribution in [2.75, 3.05) is 7.11 Å². The number of ether oxygens (including phenoxy) is 1. The maximum atomic E-state index is 12.8. The van der Waals surface area contributed by atoms with E-state index in [1.165, 1.54) is 0 Å². The minimum atomic E-state index is -1.04. The van der Waals surface area contributed by atoms with Crippen LogP contribution in [-0.4, -0.2) is 35.1 Å². The zero-order valence-corrected chi connectivity index (χ0v) is 14.6. The van der Waals surface area contributed by atoms with E-state index in [1.807, 2.05) is 12.1 Å². The number of nitrogens with one attached hydrogen (secondary N) is 1. The third kappa shape index (κ3) is 3.57. The van der Waals surface area contributed by atoms with Crippen LogP contribution in [0, 0.1) is 5.92 Å². The molecule has 6 nitrogen and oxygen atoms in total. The van der Waals surface area contributed by atoms with Crippen LogP contribution in [0.4, 0.5) is 0 Å². The van der Waals surface area contributed by atoms with Gasteiger partial charge in [0.05, 0.1) is 18.2 Å². The third-order valence-electron chi connectivity index (χ3n) is 4.50. The first kappa shape index (κ1) is 17.2. The van der Waals surface area contributed by atoms with Crippen LogP contribution in [-0.2, 0) is 4.79 Å². The van der Waals surface area contributed by atoms with Gasteiger partial charge in [-0.3, -0.25) is 9.78 Å². The van der Waals surface area contributed by atoms with Crippen molar-refractivity contribution in [3.63, 3.8) is 0 Å². The molecular weight excluding hydrogens is 320 g/mol. The molecule has 132 valence electrons. The van der Waals surface area contributed by atoms with E-state index >= 15 is 0 Å². The predicted molar refractivity (Wildman–Crippen MR) is 94.0 cm³/mol. The lowest BCUT2D eigenvalue weighted by Crippen LogP contribution is -2.44. The van der Waals surface area contributed by atoms with E-state index in [0.29, 0.717) is 28.1 Å². The van der Waals surface area contributed by atoms with Gasteiger partial charge in [0, 0.05) is 17.0 Å². The fourth-order valence-corrected chi connectivity index (χ4v) is 2.86. The largest absolute Gasteiger partial charge is 0.497 e. The van der Waals surface area contributed by atoms with Gasteiger partial charge in [0.1, 0.15) is 11.8 Å². The van der Waals surface area contributed by atoms with Gasteiger partial charge in [0.15, 0.2) is 0 Å². The summed E-state index contributed by atoms with van der Waals surface area (Å²) in [4.78, 5) is 28.9. The molecule has 1 heterocycles. The first-order valence-electron chi connectivity index (χ1n) is 8.43. The van der Waals surface area contributed by atoms with Crippen LogP contribution in [0.15, 0.2) is 24.3 Å². The first-order valence-corrected chi connectivity index (χ1v) is 8.43. The second-order valence-corrected chi connectivity index (χ2v) is 6.79. The van der Waals surface area contributed by atoms with Gasteiger partial charge in [-0.25, -0.2) is 4.79 Å². The molecule has 1 amide bonds. The second kappa shape index (κ2) is 6.70. The molecule has 2 aromatic rings. The molecule has 0 radical (unpaired) electrons. The Labute approximate surface area is 146 Å². The Balaban J connectivity index is 2.05. The summed E-state index contributed by atoms with van der Waals surface area (Å²) in [5.41, 5.74) is 2.05. The van der Waals surface area contributed by atoms with Crippen molar-refractivity contribution in [2.45, 2.75) is 38.6 Å². The highest BCUT2D eigenvalue weighted by Crippen LogP contribution is 2.40. The van der Waals surface area contributed by atoms with E-state index in [4.69, 9.17) is 4.74 Å². The molecule has 0 bridgehead atoms. The van der Waals surface area contributed by atoms with Crippen LogP contribution in [0.1, 0.15) is 48.7 Å². The normalized spacial score (nSPS) is 15.2. The highest BCUT2D eigenvalue weighted by molar-refractivity contribution is 6.07. The van der Waals surface area contributed by atoms with Gasteiger partial charge in [-0.05, 0) is 43.0 Å². The van der Waals surface area contributed by atoms with E-state index in [1.54, 1.807) is 33.1 Å². The van der Waals surface area contributed by atoms with E-state index in [9.17, 15) is 14.7 Å². The molecule has 3 rings (SSSR count). The summed E-state index contributed by atoms with van der Waals surface area (Å²) >= 11 is 0. The molecular formula is C19H22N2O4. The lowest BCUT2D eigenvalue weighted by Gasteiger charge is -2.19. The predicted octanol–water partition coefficient (Wildman–Crippen LogP) is 2.96. The number of carboxylic acids is 1. The molecule has 2 N–H and O–H groups in total. The van der Waals surface area contributed by atoms with Crippen LogP contribution < -0.4 is 10.1 Å². The third-order valence-corrected chi connectivity index (χ3v) is 4.50. The summed E-state index contributed by atoms with van der Waals surface area (Å²) in [5.74, 6) is -0.642. The standard InChI is InChI=1S/C19H22N2O4/c1-10(2)17(19(23)24)21-18(22)14-9-16(11-4-5-11)20-15-7-6-12(25-3)8-13(14)15/h6-11,17H,4-5H2,1-3H3,(H,21,22)(H,23,24)/t17-/m1/s1. The average Bonchev–Trinajstić information content (AvgIpc) is 3.42. The quantitative estimate of drug-likeness (QED) is 0.842. The molecule has 1 aliphatic carbocycles. The second-order valence-electron chi connectivity index (χ2n) is 6.79. The Bertz CT molecular complexity index is 828. The molecule has 1 aromatic heterocycles. The number of benzene rings is 1. The number of carbonyl (C=O) groups excluding carboxylic acids is 1. The van der Waals surface area contributed by atoms with Crippen molar-refractivity contribution in [3.8, 4) is 5.75 Å². The Morgan fingerprint density at radius 2 is 2.00 bits per heavy atom. The van der Waals surface area contributed by atoms with E-state index in [0.717, 1.165) is 18.5 Å². The molecule has 1 saturated carbocycles. The summed E-state index contributed by atoms with van der Waals surface area (Å²) < 4.78 is 5.25. The van der Waals surface area contributed by atoms with E-state index in [2.05, 4.69) is 10.3 Å². The minimum absolute atomic E-state index is 0.216. The topological polar surface area (TPSA) is 88.5 Å². The maximum absolute atomic E-state index is 12.8. The van der Waals surface area contributed by atoms with Crippen LogP contribution in [0.25, 0.3) is 10.9 Å². The van der Waals surface area contributed by atoms with Crippen molar-refractivity contribution in [1.82, 2.24) is 10.3 Å². The Morgan fingerprint density at radius 1 is 1.28 bits per heavy atom. The molecule has 0 spiro atoms. The number of carbonyl (C=O) groups is 2. The van der Waals surface area contributed by atoms with Crippen LogP contribution >= 0.6 is 0 Å². The summed E-state index contributed by atoms with van der Waals surface area (Å²) in [6.07, 6.45) is 2.14. The summed E-state index contributed by atoms with van der Waals surface area (Å²) in [6, 6.07) is 6.24. The summed E-state index contributed by atoms with van der Waals surface area (Å²) in [7, 11) is 1.56. The number of nitrogens with zero attached hydrogens (tertiary/aromatic N) is 1. The van der Waals surface area contributed by atoms with Gasteiger partial charge < -0.3 is 15.2 Å². The van der Waals surface area contributed by atoms with Crippen LogP contribution in [0.2, 0.25) is 0 Å². The lowest BCUT2D eigenvalue weighted by atomic mass is 10.0. The number of fused-ring (bicyclic) bond motifs is 1. The zero-order chi connectivity index (χ0) is 18.1. The number of methoxy groups -OCH3 is 1. The number of hydrogen-bond donors (Lipinski definition) is 2. The van der Waals surface area contributed by atoms with Crippen LogP contribution in [0.5, 0.6) is 5.75 Å². The Kier molecular flexibility index (Phi) is 4.61. The first-order chi connectivity index (χ1) is 11.9. The number of aromatic nitrogens is 1. The maximum Gasteiger partial charge on any atom is 0.326 e. The number of carboxylic acid groups (broad SMARTS) is 1. The van der Waals surface area contributed by atoms with Crippen molar-refractivity contribution in [1.29, 1.82) is 0 Å². The van der Waals surface area contributed by atoms with Gasteiger partial charge in [-0.1, -0.05) is 13.8 Å². The molecule has 1 aliphatic rings. The van der Waals surface area contributed by atoms with Gasteiger partial charge in [-0.2, -0.15) is 0 Å². The number of aliphatic carboxylic acids is 1. The van der Waals surface area contributed by atoms with Gasteiger partial charge in [0.2, 0.25) is 0 Å². The van der Waals surface area contributed by atoms with Crippen molar-refractivity contribution in [3.05, 3.63) is 35.5 Å². The van der Waals surface area contributed by atoms with Crippen LogP contribution in [0.3, 0.4) is 0 Å². The molecule has 1 fully saturated rings. The molecule has 0 saturated heterocycles. The molecule has 6 heteroatoms. The van der Waals surface area contributed by atoms with Gasteiger partial charge in [0.25, 0.3) is 5.91 Å². The van der Waals surface area contributed by atoms with E-state index in [-0.39, 0.29) is 5.92 Å². The van der Waals surface area contributed by atoms with Crippen molar-refractivity contribution < 1.29 is 19.4 Å². The van der Waals surface area contributed by atoms with E-state index < -0.39 is 17.9 Å². The molecule has 25 heavy (non-hydrogen) atoms. The highest BCUT2D eigenvalue weighted by atomic mass is 16.5. The lowest BCUT2D eigenvalue weighted by molar-refractivity contribution is -0.140. The highest BCUT2D eigenvalue weighted by Gasteiger charge is 2.29. The molecule has 1 aromatic carbocycles. The van der Waals surface area contributed by atoms with Gasteiger partial charge >= 0.3 is 5.97 Å². The Morgan fingerprint density at radius 3 is 2.56 bits per heavy atom. The molecule has 0 aliphatic heterocycles. The zero-order valence-electron chi connectivity index (χ0n) is 14.6. The number of amides is 1. The summed E-state index contributed by atoms with van der Waals surface area (Å²) in [6.45, 7) is 3.53. The van der Waals surface area contributed by atoms with Crippen molar-refractivity contribution >= 4 is 22.8 Å². The smallest absolute Gasteiger partial charge is 0.326 e. The summed E-state index contributed by atoms with van der Waals surface area (Å²) in [5, 5.41) is 12.6. The fourth-order valence-electron chi connectivity index (χ4n) is 2.86. The van der Waals surface area contributed by atoms with Crippen molar-refractivity contribution in [2.24, 2.45) is 5.92 Å². The minimum Gasteiger partial charge on any atom is -0.497 e. The molecule has 0 unspecified atom stereocenters. The number of hydrogen-bond acceptors (Lipinski definition) is 4. The number of rotatable bonds is 6. The number of pyridine rings is 1. The monoisotopic (exact) mass is 342 g/mol. The SMILES string of the molecule is COc1ccc2nc(C3CC3)cc(C(=O)N[C@@H](C(=O)O)C(C)C)c2c1. The fraction of sp³-hybridized carbons (Fsp3) is 0.421. The Hall–Kier alpha value is -2.63. The van der Waals surface area contributed by atoms with Gasteiger partial charge in [-0.15, -0.1) is 0 Å².